The fourth-order valence-electron chi connectivity index (χ4n) is 7.25. The van der Waals surface area contributed by atoms with Crippen molar-refractivity contribution in [3.05, 3.63) is 108 Å². The van der Waals surface area contributed by atoms with E-state index in [1.165, 1.54) is 23.9 Å². The lowest BCUT2D eigenvalue weighted by Crippen LogP contribution is -2.35. The van der Waals surface area contributed by atoms with Crippen molar-refractivity contribution in [3.63, 3.8) is 0 Å². The Labute approximate surface area is 396 Å². The summed E-state index contributed by atoms with van der Waals surface area (Å²) < 4.78 is 27.9. The lowest BCUT2D eigenvalue weighted by atomic mass is 10.1. The highest BCUT2D eigenvalue weighted by molar-refractivity contribution is 7.44. The van der Waals surface area contributed by atoms with Crippen molar-refractivity contribution in [2.45, 2.75) is 111 Å². The monoisotopic (exact) mass is 951 g/mol. The number of aryl methyl sites for hydroxylation is 2. The number of anilines is 1. The Balaban J connectivity index is 1.14. The van der Waals surface area contributed by atoms with E-state index < -0.39 is 37.0 Å². The number of rotatable bonds is 21. The summed E-state index contributed by atoms with van der Waals surface area (Å²) in [6, 6.07) is 20.4. The fourth-order valence-corrected chi connectivity index (χ4v) is 9.01. The zero-order valence-electron chi connectivity index (χ0n) is 39.8. The molecule has 4 aromatic rings. The molecule has 5 rings (SSSR count). The molecule has 21 heteroatoms. The van der Waals surface area contributed by atoms with Gasteiger partial charge in [-0.25, -0.2) is 9.46 Å². The molecule has 20 nitrogen and oxygen atoms in total. The highest BCUT2D eigenvalue weighted by Crippen LogP contribution is 2.50. The molecule has 68 heavy (non-hydrogen) atoms. The Morgan fingerprint density at radius 1 is 1.04 bits per heavy atom. The van der Waals surface area contributed by atoms with E-state index in [1.807, 2.05) is 50.1 Å². The van der Waals surface area contributed by atoms with Gasteiger partial charge in [-0.2, -0.15) is 10.4 Å². The minimum atomic E-state index is -1.55. The van der Waals surface area contributed by atoms with Gasteiger partial charge in [0.25, 0.3) is 19.8 Å². The number of ether oxygens (including phenoxy) is 2. The van der Waals surface area contributed by atoms with Gasteiger partial charge in [0.15, 0.2) is 5.69 Å². The maximum absolute atomic E-state index is 13.0. The number of methoxy groups -OCH3 is 1. The Kier molecular flexibility index (Phi) is 19.2. The van der Waals surface area contributed by atoms with E-state index in [0.717, 1.165) is 11.3 Å². The predicted octanol–water partition coefficient (Wildman–Crippen LogP) is 9.60. The topological polar surface area (TPSA) is 244 Å². The summed E-state index contributed by atoms with van der Waals surface area (Å²) in [5.74, 6) is 2.73. The summed E-state index contributed by atoms with van der Waals surface area (Å²) in [6.07, 6.45) is 1.57. The van der Waals surface area contributed by atoms with E-state index in [1.54, 1.807) is 31.2 Å². The molecule has 360 valence electrons. The van der Waals surface area contributed by atoms with Crippen molar-refractivity contribution in [3.8, 4) is 23.8 Å². The van der Waals surface area contributed by atoms with E-state index in [0.29, 0.717) is 54.2 Å². The van der Waals surface area contributed by atoms with Crippen LogP contribution in [-0.4, -0.2) is 76.7 Å². The van der Waals surface area contributed by atoms with Crippen molar-refractivity contribution in [2.75, 3.05) is 32.2 Å². The number of benzene rings is 3. The zero-order valence-corrected chi connectivity index (χ0v) is 40.7. The third kappa shape index (κ3) is 14.2. The highest BCUT2D eigenvalue weighted by Gasteiger charge is 2.40. The van der Waals surface area contributed by atoms with Crippen molar-refractivity contribution in [1.29, 1.82) is 5.26 Å². The first-order chi connectivity index (χ1) is 32.5. The van der Waals surface area contributed by atoms with Crippen molar-refractivity contribution in [2.24, 2.45) is 20.5 Å². The van der Waals surface area contributed by atoms with Crippen LogP contribution in [0.5, 0.6) is 5.75 Å². The molecule has 0 spiro atoms. The number of amides is 1. The number of azo groups is 2. The van der Waals surface area contributed by atoms with Gasteiger partial charge in [-0.15, -0.1) is 15.3 Å². The van der Waals surface area contributed by atoms with Crippen LogP contribution < -0.4 is 26.2 Å². The van der Waals surface area contributed by atoms with Crippen LogP contribution in [0.1, 0.15) is 89.6 Å². The van der Waals surface area contributed by atoms with Crippen LogP contribution in [0.3, 0.4) is 0 Å². The molecule has 1 amide bonds. The zero-order chi connectivity index (χ0) is 49.5. The summed E-state index contributed by atoms with van der Waals surface area (Å²) in [7, 11) is 1.84. The van der Waals surface area contributed by atoms with Crippen LogP contribution in [0.25, 0.3) is 0 Å². The number of nitrogens with one attached hydrogen (secondary N) is 2. The quantitative estimate of drug-likeness (QED) is 0.0151. The lowest BCUT2D eigenvalue weighted by molar-refractivity contribution is -0.384. The fraction of sp³-hybridized carbons (Fsp3) is 0.447. The molecule has 0 saturated carbocycles. The first-order valence-corrected chi connectivity index (χ1v) is 23.3. The number of carbonyl (C=O) groups excluding carboxylic acids is 1. The number of nitriles is 1. The molecule has 0 bridgehead atoms. The molecule has 1 aromatic heterocycles. The first-order valence-electron chi connectivity index (χ1n) is 22.2. The van der Waals surface area contributed by atoms with E-state index in [-0.39, 0.29) is 60.5 Å². The van der Waals surface area contributed by atoms with Crippen LogP contribution in [0.4, 0.5) is 34.1 Å². The van der Waals surface area contributed by atoms with Gasteiger partial charge in [0.1, 0.15) is 23.2 Å². The molecule has 2 heterocycles. The summed E-state index contributed by atoms with van der Waals surface area (Å²) in [5, 5.41) is 40.3. The van der Waals surface area contributed by atoms with Crippen LogP contribution in [0.15, 0.2) is 90.8 Å². The number of hydrogen-bond acceptors (Lipinski definition) is 16. The summed E-state index contributed by atoms with van der Waals surface area (Å²) >= 11 is 0. The number of nitro groups is 1. The molecule has 1 aliphatic rings. The maximum atomic E-state index is 13.0. The van der Waals surface area contributed by atoms with Gasteiger partial charge in [-0.05, 0) is 108 Å². The van der Waals surface area contributed by atoms with E-state index >= 15 is 0 Å². The number of aromatic amines is 1. The number of hydrogen-bond donors (Lipinski definition) is 2. The molecule has 2 N–H and O–H groups in total. The van der Waals surface area contributed by atoms with Crippen LogP contribution in [0.2, 0.25) is 0 Å². The smallest absolute Gasteiger partial charge is 0.330 e. The van der Waals surface area contributed by atoms with Crippen molar-refractivity contribution in [1.82, 2.24) is 19.5 Å². The summed E-state index contributed by atoms with van der Waals surface area (Å²) in [4.78, 5) is 53.8. The SMILES string of the molecule is CCC1OC(n2cc(C#CNC(=O)CCCN(C)c3ccc(N=Nc4cc(C)c(N=Nc5ccc(C)cc5[N+](=O)[O-])cc4OC)cc3)c(=O)[nH]c2=O)CC1OP(OCCC#N)N(C(C)C)C(C)C. The molecule has 0 radical (unpaired) electrons. The molecular weight excluding hydrogens is 894 g/mol. The minimum absolute atomic E-state index is 0.0258. The van der Waals surface area contributed by atoms with Gasteiger partial charge < -0.3 is 23.4 Å². The number of carbonyl (C=O) groups is 1. The van der Waals surface area contributed by atoms with Crippen LogP contribution in [-0.2, 0) is 18.6 Å². The summed E-state index contributed by atoms with van der Waals surface area (Å²) in [6.45, 7) is 14.5. The van der Waals surface area contributed by atoms with Crippen LogP contribution in [0, 0.1) is 47.3 Å². The van der Waals surface area contributed by atoms with Crippen LogP contribution >= 0.6 is 8.53 Å². The van der Waals surface area contributed by atoms with Gasteiger partial charge in [-0.1, -0.05) is 13.0 Å². The number of aromatic nitrogens is 2. The average molecular weight is 952 g/mol. The van der Waals surface area contributed by atoms with Gasteiger partial charge in [0, 0.05) is 68.6 Å². The minimum Gasteiger partial charge on any atom is -0.494 e. The molecule has 1 aliphatic heterocycles. The molecule has 0 aliphatic carbocycles. The van der Waals surface area contributed by atoms with Gasteiger partial charge >= 0.3 is 5.69 Å². The molecule has 3 aromatic carbocycles. The average Bonchev–Trinajstić information content (AvgIpc) is 3.71. The third-order valence-corrected chi connectivity index (χ3v) is 12.9. The number of nitro benzene ring substituents is 1. The normalized spacial score (nSPS) is 16.3. The van der Waals surface area contributed by atoms with E-state index in [4.69, 9.17) is 23.8 Å². The van der Waals surface area contributed by atoms with E-state index in [2.05, 4.69) is 81.2 Å². The lowest BCUT2D eigenvalue weighted by Gasteiger charge is -2.37. The second-order valence-electron chi connectivity index (χ2n) is 16.5. The Hall–Kier alpha value is -6.67. The molecule has 4 atom stereocenters. The van der Waals surface area contributed by atoms with E-state index in [9.17, 15) is 24.5 Å². The Morgan fingerprint density at radius 3 is 2.41 bits per heavy atom. The van der Waals surface area contributed by atoms with Gasteiger partial charge in [0.2, 0.25) is 5.91 Å². The predicted molar refractivity (Wildman–Crippen MR) is 258 cm³/mol. The molecule has 1 saturated heterocycles. The second kappa shape index (κ2) is 24.9. The number of nitrogens with zero attached hydrogens (tertiary/aromatic N) is 9. The molecular formula is C47H58N11O9P. The first kappa shape index (κ1) is 52.3. The Bertz CT molecular complexity index is 2680. The largest absolute Gasteiger partial charge is 0.494 e. The van der Waals surface area contributed by atoms with Gasteiger partial charge in [0.05, 0.1) is 54.7 Å². The van der Waals surface area contributed by atoms with Gasteiger partial charge in [-0.3, -0.25) is 34.6 Å². The molecule has 1 fully saturated rings. The van der Waals surface area contributed by atoms with Crippen molar-refractivity contribution < 1.29 is 28.2 Å². The molecule has 4 unspecified atom stereocenters. The maximum Gasteiger partial charge on any atom is 0.330 e. The third-order valence-electron chi connectivity index (χ3n) is 10.7. The second-order valence-corrected chi connectivity index (χ2v) is 17.9. The Morgan fingerprint density at radius 2 is 1.75 bits per heavy atom. The number of H-pyrrole nitrogens is 1. The van der Waals surface area contributed by atoms with Crippen molar-refractivity contribution >= 4 is 48.6 Å². The summed E-state index contributed by atoms with van der Waals surface area (Å²) in [5.41, 5.74) is 2.46. The standard InChI is InChI=1S/C47H58N11O9P/c1-10-41-43(67-68(65-24-12-21-48)57(30(2)3)31(4)5)28-45(66-41)56-29-34(46(60)50-47(56)61)20-22-49-44(59)13-11-23-55(8)36-17-15-35(16-18-36)51-54-39-26-33(7)38(27-42(39)64-9)53-52-37-19-14-32(6)25-40(37)58(62)63/h14-19,25-27,29-31,41,43,45H,10-13,23-24,28H2,1-9H3,(H,49,59)(H,50,60,61). The highest BCUT2D eigenvalue weighted by atomic mass is 31.2.